The largest absolute Gasteiger partial charge is 0.338 e. The lowest BCUT2D eigenvalue weighted by atomic mass is 10.1. The Kier molecular flexibility index (Phi) is 5.21. The fourth-order valence-corrected chi connectivity index (χ4v) is 5.05. The molecule has 2 heterocycles. The number of hydrogen-bond acceptors (Lipinski definition) is 4. The summed E-state index contributed by atoms with van der Waals surface area (Å²) in [6, 6.07) is 5.54. The highest BCUT2D eigenvalue weighted by Gasteiger charge is 2.22. The lowest BCUT2D eigenvalue weighted by Crippen LogP contribution is -2.37. The van der Waals surface area contributed by atoms with E-state index in [2.05, 4.69) is 4.72 Å². The quantitative estimate of drug-likeness (QED) is 0.864. The molecule has 0 fully saturated rings. The van der Waals surface area contributed by atoms with E-state index in [1.165, 1.54) is 29.5 Å². The molecule has 25 heavy (non-hydrogen) atoms. The molecule has 0 atom stereocenters. The number of nitrogens with zero attached hydrogens (tertiary/aromatic N) is 1. The Balaban J connectivity index is 1.56. The summed E-state index contributed by atoms with van der Waals surface area (Å²) in [5, 5.41) is 2.03. The Hall–Kier alpha value is -1.77. The van der Waals surface area contributed by atoms with Gasteiger partial charge in [0.25, 0.3) is 0 Å². The molecule has 3 rings (SSSR count). The summed E-state index contributed by atoms with van der Waals surface area (Å²) >= 11 is 1.70. The van der Waals surface area contributed by atoms with Gasteiger partial charge < -0.3 is 4.90 Å². The Morgan fingerprint density at radius 1 is 1.36 bits per heavy atom. The molecule has 2 aromatic rings. The van der Waals surface area contributed by atoms with Gasteiger partial charge in [-0.05, 0) is 54.1 Å². The first-order chi connectivity index (χ1) is 11.9. The second-order valence-corrected chi connectivity index (χ2v) is 8.73. The van der Waals surface area contributed by atoms with Crippen LogP contribution in [0.1, 0.15) is 22.4 Å². The third-order valence-corrected chi connectivity index (χ3v) is 6.86. The van der Waals surface area contributed by atoms with Gasteiger partial charge >= 0.3 is 0 Å². The summed E-state index contributed by atoms with van der Waals surface area (Å²) in [4.78, 5) is 15.4. The molecule has 8 heteroatoms. The summed E-state index contributed by atoms with van der Waals surface area (Å²) in [7, 11) is -3.76. The lowest BCUT2D eigenvalue weighted by Gasteiger charge is -2.27. The van der Waals surface area contributed by atoms with Gasteiger partial charge in [0, 0.05) is 30.9 Å². The third kappa shape index (κ3) is 4.08. The standard InChI is InChI=1S/C17H19FN2O3S2/c1-12-10-14(18)2-3-16(12)25(22,23)19-7-4-17(21)20-8-5-15-13(11-20)6-9-24-15/h2-3,6,9-10,19H,4-5,7-8,11H2,1H3. The minimum Gasteiger partial charge on any atom is -0.338 e. The first kappa shape index (κ1) is 18.0. The zero-order chi connectivity index (χ0) is 18.0. The number of hydrogen-bond donors (Lipinski definition) is 1. The summed E-state index contributed by atoms with van der Waals surface area (Å²) in [5.41, 5.74) is 1.51. The van der Waals surface area contributed by atoms with Crippen molar-refractivity contribution in [1.29, 1.82) is 0 Å². The summed E-state index contributed by atoms with van der Waals surface area (Å²) < 4.78 is 40.1. The molecule has 0 spiro atoms. The number of amides is 1. The predicted molar refractivity (Wildman–Crippen MR) is 94.4 cm³/mol. The molecule has 0 aliphatic carbocycles. The van der Waals surface area contributed by atoms with E-state index in [0.29, 0.717) is 18.7 Å². The van der Waals surface area contributed by atoms with Crippen LogP contribution in [0.5, 0.6) is 0 Å². The second kappa shape index (κ2) is 7.23. The summed E-state index contributed by atoms with van der Waals surface area (Å²) in [5.74, 6) is -0.556. The number of benzene rings is 1. The van der Waals surface area contributed by atoms with Gasteiger partial charge in [0.2, 0.25) is 15.9 Å². The van der Waals surface area contributed by atoms with Crippen molar-refractivity contribution < 1.29 is 17.6 Å². The zero-order valence-electron chi connectivity index (χ0n) is 13.8. The van der Waals surface area contributed by atoms with Crippen LogP contribution in [-0.4, -0.2) is 32.3 Å². The molecule has 1 aromatic heterocycles. The van der Waals surface area contributed by atoms with Crippen molar-refractivity contribution in [3.8, 4) is 0 Å². The molecule has 1 N–H and O–H groups in total. The molecule has 1 aliphatic heterocycles. The first-order valence-corrected chi connectivity index (χ1v) is 10.3. The average molecular weight is 382 g/mol. The Morgan fingerprint density at radius 2 is 2.16 bits per heavy atom. The van der Waals surface area contributed by atoms with E-state index in [1.54, 1.807) is 16.2 Å². The summed E-state index contributed by atoms with van der Waals surface area (Å²) in [6.07, 6.45) is 0.943. The highest BCUT2D eigenvalue weighted by atomic mass is 32.2. The normalized spacial score (nSPS) is 14.4. The van der Waals surface area contributed by atoms with Crippen molar-refractivity contribution in [3.05, 3.63) is 51.5 Å². The van der Waals surface area contributed by atoms with Gasteiger partial charge in [0.05, 0.1) is 4.90 Å². The molecule has 1 amide bonds. The van der Waals surface area contributed by atoms with Gasteiger partial charge in [-0.3, -0.25) is 4.79 Å². The van der Waals surface area contributed by atoms with Gasteiger partial charge in [0.15, 0.2) is 0 Å². The van der Waals surface area contributed by atoms with Crippen LogP contribution in [0.15, 0.2) is 34.5 Å². The number of halogens is 1. The van der Waals surface area contributed by atoms with E-state index in [4.69, 9.17) is 0 Å². The van der Waals surface area contributed by atoms with E-state index >= 15 is 0 Å². The molecule has 0 saturated heterocycles. The molecule has 1 aliphatic rings. The lowest BCUT2D eigenvalue weighted by molar-refractivity contribution is -0.131. The SMILES string of the molecule is Cc1cc(F)ccc1S(=O)(=O)NCCC(=O)N1CCc2sccc2C1. The van der Waals surface area contributed by atoms with Gasteiger partial charge in [-0.1, -0.05) is 0 Å². The third-order valence-electron chi connectivity index (χ3n) is 4.22. The maximum Gasteiger partial charge on any atom is 0.240 e. The molecule has 0 bridgehead atoms. The molecular weight excluding hydrogens is 363 g/mol. The van der Waals surface area contributed by atoms with Gasteiger partial charge in [-0.25, -0.2) is 17.5 Å². The minimum atomic E-state index is -3.76. The van der Waals surface area contributed by atoms with Crippen LogP contribution in [-0.2, 0) is 27.8 Å². The average Bonchev–Trinajstić information content (AvgIpc) is 3.01. The minimum absolute atomic E-state index is 0.0188. The molecule has 0 unspecified atom stereocenters. The highest BCUT2D eigenvalue weighted by molar-refractivity contribution is 7.89. The molecule has 134 valence electrons. The molecule has 5 nitrogen and oxygen atoms in total. The number of carbonyl (C=O) groups excluding carboxylic acids is 1. The Labute approximate surface area is 150 Å². The fourth-order valence-electron chi connectivity index (χ4n) is 2.90. The topological polar surface area (TPSA) is 66.5 Å². The molecular formula is C17H19FN2O3S2. The van der Waals surface area contributed by atoms with Gasteiger partial charge in [-0.15, -0.1) is 11.3 Å². The van der Waals surface area contributed by atoms with Crippen molar-refractivity contribution >= 4 is 27.3 Å². The number of sulfonamides is 1. The number of nitrogens with one attached hydrogen (secondary N) is 1. The van der Waals surface area contributed by atoms with Crippen LogP contribution in [0.2, 0.25) is 0 Å². The van der Waals surface area contributed by atoms with E-state index in [0.717, 1.165) is 12.5 Å². The van der Waals surface area contributed by atoms with Crippen molar-refractivity contribution in [2.45, 2.75) is 31.2 Å². The second-order valence-electron chi connectivity index (χ2n) is 5.99. The smallest absolute Gasteiger partial charge is 0.240 e. The maximum absolute atomic E-state index is 13.1. The van der Waals surface area contributed by atoms with Crippen LogP contribution in [0.3, 0.4) is 0 Å². The Bertz CT molecular complexity index is 893. The zero-order valence-corrected chi connectivity index (χ0v) is 15.4. The molecule has 1 aromatic carbocycles. The number of fused-ring (bicyclic) bond motifs is 1. The summed E-state index contributed by atoms with van der Waals surface area (Å²) in [6.45, 7) is 2.80. The predicted octanol–water partition coefficient (Wildman–Crippen LogP) is 2.45. The Morgan fingerprint density at radius 3 is 2.92 bits per heavy atom. The van der Waals surface area contributed by atoms with E-state index in [9.17, 15) is 17.6 Å². The maximum atomic E-state index is 13.1. The van der Waals surface area contributed by atoms with E-state index in [-0.39, 0.29) is 23.8 Å². The van der Waals surface area contributed by atoms with Crippen LogP contribution in [0, 0.1) is 12.7 Å². The molecule has 0 saturated carbocycles. The number of aryl methyl sites for hydroxylation is 1. The van der Waals surface area contributed by atoms with Crippen LogP contribution in [0.4, 0.5) is 4.39 Å². The highest BCUT2D eigenvalue weighted by Crippen LogP contribution is 2.24. The van der Waals surface area contributed by atoms with Crippen molar-refractivity contribution in [2.24, 2.45) is 0 Å². The number of thiophene rings is 1. The monoisotopic (exact) mass is 382 g/mol. The van der Waals surface area contributed by atoms with Crippen LogP contribution >= 0.6 is 11.3 Å². The van der Waals surface area contributed by atoms with Crippen LogP contribution in [0.25, 0.3) is 0 Å². The van der Waals surface area contributed by atoms with Crippen molar-refractivity contribution in [1.82, 2.24) is 9.62 Å². The first-order valence-electron chi connectivity index (χ1n) is 7.95. The van der Waals surface area contributed by atoms with Gasteiger partial charge in [0.1, 0.15) is 5.82 Å². The fraction of sp³-hybridized carbons (Fsp3) is 0.353. The number of rotatable bonds is 5. The van der Waals surface area contributed by atoms with Crippen molar-refractivity contribution in [2.75, 3.05) is 13.1 Å². The van der Waals surface area contributed by atoms with E-state index < -0.39 is 15.8 Å². The van der Waals surface area contributed by atoms with Crippen molar-refractivity contribution in [3.63, 3.8) is 0 Å². The van der Waals surface area contributed by atoms with E-state index in [1.807, 2.05) is 11.4 Å². The van der Waals surface area contributed by atoms with Gasteiger partial charge in [-0.2, -0.15) is 0 Å². The molecule has 0 radical (unpaired) electrons. The number of carbonyl (C=O) groups is 1. The van der Waals surface area contributed by atoms with Crippen LogP contribution < -0.4 is 4.72 Å².